The third kappa shape index (κ3) is 1.98. The maximum atomic E-state index is 13.9. The zero-order chi connectivity index (χ0) is 11.8. The van der Waals surface area contributed by atoms with Crippen LogP contribution in [0.3, 0.4) is 0 Å². The minimum Gasteiger partial charge on any atom is -0.238 e. The maximum absolute atomic E-state index is 13.9. The second kappa shape index (κ2) is 3.74. The summed E-state index contributed by atoms with van der Waals surface area (Å²) in [4.78, 5) is 0. The van der Waals surface area contributed by atoms with Gasteiger partial charge in [0.25, 0.3) is 0 Å². The number of halogens is 1. The van der Waals surface area contributed by atoms with Crippen LogP contribution in [0.25, 0.3) is 5.69 Å². The van der Waals surface area contributed by atoms with Crippen molar-refractivity contribution in [2.75, 3.05) is 0 Å². The zero-order valence-corrected chi connectivity index (χ0v) is 9.74. The predicted octanol–water partition coefficient (Wildman–Crippen LogP) is 3.31. The lowest BCUT2D eigenvalue weighted by molar-refractivity contribution is 0.567. The van der Waals surface area contributed by atoms with Crippen molar-refractivity contribution in [3.05, 3.63) is 48.0 Å². The van der Waals surface area contributed by atoms with E-state index in [1.807, 2.05) is 6.07 Å². The van der Waals surface area contributed by atoms with Crippen molar-refractivity contribution in [3.63, 3.8) is 0 Å². The van der Waals surface area contributed by atoms with E-state index in [0.717, 1.165) is 5.56 Å². The second-order valence-corrected chi connectivity index (χ2v) is 4.87. The summed E-state index contributed by atoms with van der Waals surface area (Å²) in [5.74, 6) is -0.240. The molecule has 1 heterocycles. The highest BCUT2D eigenvalue weighted by Gasteiger charge is 2.16. The quantitative estimate of drug-likeness (QED) is 0.718. The molecule has 0 bridgehead atoms. The highest BCUT2D eigenvalue weighted by atomic mass is 19.1. The van der Waals surface area contributed by atoms with Crippen LogP contribution in [0.15, 0.2) is 36.7 Å². The number of rotatable bonds is 1. The molecule has 0 aliphatic carbocycles. The van der Waals surface area contributed by atoms with E-state index >= 15 is 0 Å². The number of hydrogen-bond donors (Lipinski definition) is 0. The van der Waals surface area contributed by atoms with Gasteiger partial charge in [0.15, 0.2) is 0 Å². The van der Waals surface area contributed by atoms with Crippen molar-refractivity contribution in [1.82, 2.24) is 9.78 Å². The lowest BCUT2D eigenvalue weighted by Gasteiger charge is -2.19. The van der Waals surface area contributed by atoms with Crippen LogP contribution in [0.1, 0.15) is 26.3 Å². The molecule has 0 N–H and O–H groups in total. The SMILES string of the molecule is CC(C)(C)c1ccc(-n2cccn2)c(F)c1. The first-order chi connectivity index (χ1) is 7.48. The molecule has 16 heavy (non-hydrogen) atoms. The summed E-state index contributed by atoms with van der Waals surface area (Å²) in [6.07, 6.45) is 3.37. The normalized spacial score (nSPS) is 11.8. The van der Waals surface area contributed by atoms with Gasteiger partial charge in [0, 0.05) is 12.4 Å². The fourth-order valence-electron chi connectivity index (χ4n) is 1.57. The maximum Gasteiger partial charge on any atom is 0.149 e. The lowest BCUT2D eigenvalue weighted by atomic mass is 9.87. The highest BCUT2D eigenvalue weighted by Crippen LogP contribution is 2.25. The van der Waals surface area contributed by atoms with Crippen LogP contribution in [-0.2, 0) is 5.41 Å². The van der Waals surface area contributed by atoms with Crippen molar-refractivity contribution in [2.45, 2.75) is 26.2 Å². The number of aromatic nitrogens is 2. The first-order valence-electron chi connectivity index (χ1n) is 5.28. The summed E-state index contributed by atoms with van der Waals surface area (Å²) in [7, 11) is 0. The van der Waals surface area contributed by atoms with Gasteiger partial charge in [-0.25, -0.2) is 9.07 Å². The predicted molar refractivity (Wildman–Crippen MR) is 62.2 cm³/mol. The fraction of sp³-hybridized carbons (Fsp3) is 0.308. The number of nitrogens with zero attached hydrogens (tertiary/aromatic N) is 2. The second-order valence-electron chi connectivity index (χ2n) is 4.87. The van der Waals surface area contributed by atoms with E-state index in [2.05, 4.69) is 25.9 Å². The molecule has 0 radical (unpaired) electrons. The fourth-order valence-corrected chi connectivity index (χ4v) is 1.57. The van der Waals surface area contributed by atoms with Gasteiger partial charge in [-0.1, -0.05) is 26.8 Å². The van der Waals surface area contributed by atoms with E-state index in [4.69, 9.17) is 0 Å². The van der Waals surface area contributed by atoms with Crippen molar-refractivity contribution in [3.8, 4) is 5.69 Å². The van der Waals surface area contributed by atoms with Crippen LogP contribution < -0.4 is 0 Å². The summed E-state index contributed by atoms with van der Waals surface area (Å²) >= 11 is 0. The smallest absolute Gasteiger partial charge is 0.149 e. The molecule has 0 fully saturated rings. The van der Waals surface area contributed by atoms with Crippen molar-refractivity contribution >= 4 is 0 Å². The molecule has 0 unspecified atom stereocenters. The topological polar surface area (TPSA) is 17.8 Å². The Morgan fingerprint density at radius 2 is 2.00 bits per heavy atom. The van der Waals surface area contributed by atoms with Gasteiger partial charge in [-0.15, -0.1) is 0 Å². The summed E-state index contributed by atoms with van der Waals surface area (Å²) in [5, 5.41) is 4.02. The van der Waals surface area contributed by atoms with Gasteiger partial charge in [0.05, 0.1) is 0 Å². The molecule has 0 amide bonds. The van der Waals surface area contributed by atoms with E-state index in [0.29, 0.717) is 5.69 Å². The Hall–Kier alpha value is -1.64. The number of hydrogen-bond acceptors (Lipinski definition) is 1. The molecule has 0 saturated carbocycles. The van der Waals surface area contributed by atoms with Gasteiger partial charge in [-0.05, 0) is 29.2 Å². The molecular formula is C13H15FN2. The van der Waals surface area contributed by atoms with Crippen LogP contribution >= 0.6 is 0 Å². The molecular weight excluding hydrogens is 203 g/mol. The zero-order valence-electron chi connectivity index (χ0n) is 9.74. The molecule has 1 aromatic carbocycles. The summed E-state index contributed by atoms with van der Waals surface area (Å²) in [5.41, 5.74) is 1.43. The average Bonchev–Trinajstić information content (AvgIpc) is 2.69. The van der Waals surface area contributed by atoms with Crippen molar-refractivity contribution in [1.29, 1.82) is 0 Å². The van der Waals surface area contributed by atoms with E-state index in [9.17, 15) is 4.39 Å². The van der Waals surface area contributed by atoms with E-state index < -0.39 is 0 Å². The minimum atomic E-state index is -0.240. The summed E-state index contributed by atoms with van der Waals surface area (Å²) < 4.78 is 15.4. The van der Waals surface area contributed by atoms with E-state index in [1.165, 1.54) is 4.68 Å². The Balaban J connectivity index is 2.46. The molecule has 2 rings (SSSR count). The van der Waals surface area contributed by atoms with Crippen molar-refractivity contribution < 1.29 is 4.39 Å². The largest absolute Gasteiger partial charge is 0.238 e. The van der Waals surface area contributed by atoms with Crippen LogP contribution in [0, 0.1) is 5.82 Å². The Bertz CT molecular complexity index is 481. The van der Waals surface area contributed by atoms with Gasteiger partial charge >= 0.3 is 0 Å². The lowest BCUT2D eigenvalue weighted by Crippen LogP contribution is -2.12. The number of benzene rings is 1. The average molecular weight is 218 g/mol. The van der Waals surface area contributed by atoms with E-state index in [1.54, 1.807) is 30.6 Å². The summed E-state index contributed by atoms with van der Waals surface area (Å²) in [6.45, 7) is 6.19. The van der Waals surface area contributed by atoms with Crippen LogP contribution in [0.4, 0.5) is 4.39 Å². The van der Waals surface area contributed by atoms with Crippen LogP contribution in [0.2, 0.25) is 0 Å². The standard InChI is InChI=1S/C13H15FN2/c1-13(2,3)10-5-6-12(11(14)9-10)16-8-4-7-15-16/h4-9H,1-3H3. The van der Waals surface area contributed by atoms with Gasteiger partial charge in [0.1, 0.15) is 11.5 Å². The highest BCUT2D eigenvalue weighted by molar-refractivity contribution is 5.37. The molecule has 84 valence electrons. The molecule has 2 nitrogen and oxygen atoms in total. The van der Waals surface area contributed by atoms with Gasteiger partial charge in [-0.2, -0.15) is 5.10 Å². The molecule has 3 heteroatoms. The first-order valence-corrected chi connectivity index (χ1v) is 5.28. The van der Waals surface area contributed by atoms with E-state index in [-0.39, 0.29) is 11.2 Å². The first kappa shape index (κ1) is 10.9. The van der Waals surface area contributed by atoms with Gasteiger partial charge < -0.3 is 0 Å². The third-order valence-electron chi connectivity index (χ3n) is 2.56. The Labute approximate surface area is 94.7 Å². The van der Waals surface area contributed by atoms with Crippen molar-refractivity contribution in [2.24, 2.45) is 0 Å². The van der Waals surface area contributed by atoms with Gasteiger partial charge in [-0.3, -0.25) is 0 Å². The molecule has 0 aliphatic heterocycles. The molecule has 0 atom stereocenters. The monoisotopic (exact) mass is 218 g/mol. The molecule has 0 aliphatic rings. The Morgan fingerprint density at radius 1 is 1.25 bits per heavy atom. The molecule has 1 aromatic heterocycles. The van der Waals surface area contributed by atoms with Crippen LogP contribution in [-0.4, -0.2) is 9.78 Å². The molecule has 0 spiro atoms. The van der Waals surface area contributed by atoms with Crippen LogP contribution in [0.5, 0.6) is 0 Å². The third-order valence-corrected chi connectivity index (χ3v) is 2.56. The van der Waals surface area contributed by atoms with Gasteiger partial charge in [0.2, 0.25) is 0 Å². The Morgan fingerprint density at radius 3 is 2.50 bits per heavy atom. The summed E-state index contributed by atoms with van der Waals surface area (Å²) in [6, 6.07) is 7.07. The Kier molecular flexibility index (Phi) is 2.54. The molecule has 0 saturated heterocycles. The minimum absolute atomic E-state index is 0.0382. The molecule has 2 aromatic rings.